The van der Waals surface area contributed by atoms with E-state index in [2.05, 4.69) is 16.5 Å². The van der Waals surface area contributed by atoms with Crippen LogP contribution in [0.15, 0.2) is 0 Å². The van der Waals surface area contributed by atoms with Crippen molar-refractivity contribution in [2.24, 2.45) is 0 Å². The molecule has 0 aromatic carbocycles. The standard InChI is InChI=1S/C14H22N2O/c1-11-15-12-6-2-3-7-13(12)16(11)10-14(17)8-4-5-9-14/h17H,2-10H2,1H3. The number of fused-ring (bicyclic) bond motifs is 1. The van der Waals surface area contributed by atoms with Crippen molar-refractivity contribution in [1.82, 2.24) is 9.55 Å². The summed E-state index contributed by atoms with van der Waals surface area (Å²) >= 11 is 0. The molecule has 1 fully saturated rings. The number of imidazole rings is 1. The molecule has 0 bridgehead atoms. The first-order valence-electron chi connectivity index (χ1n) is 6.95. The zero-order valence-corrected chi connectivity index (χ0v) is 10.7. The minimum atomic E-state index is -0.462. The van der Waals surface area contributed by atoms with Crippen LogP contribution in [0.3, 0.4) is 0 Å². The Balaban J connectivity index is 1.89. The average molecular weight is 234 g/mol. The summed E-state index contributed by atoms with van der Waals surface area (Å²) in [5.74, 6) is 1.09. The fourth-order valence-corrected chi connectivity index (χ4v) is 3.43. The van der Waals surface area contributed by atoms with E-state index >= 15 is 0 Å². The lowest BCUT2D eigenvalue weighted by atomic mass is 9.99. The van der Waals surface area contributed by atoms with Crippen LogP contribution in [0.25, 0.3) is 0 Å². The van der Waals surface area contributed by atoms with Gasteiger partial charge in [0.2, 0.25) is 0 Å². The summed E-state index contributed by atoms with van der Waals surface area (Å²) in [6.07, 6.45) is 9.08. The van der Waals surface area contributed by atoms with Crippen LogP contribution >= 0.6 is 0 Å². The predicted octanol–water partition coefficient (Wildman–Crippen LogP) is 2.38. The summed E-state index contributed by atoms with van der Waals surface area (Å²) in [5.41, 5.74) is 2.22. The van der Waals surface area contributed by atoms with Gasteiger partial charge < -0.3 is 9.67 Å². The van der Waals surface area contributed by atoms with Gasteiger partial charge in [-0.3, -0.25) is 0 Å². The molecule has 94 valence electrons. The Kier molecular flexibility index (Phi) is 2.74. The highest BCUT2D eigenvalue weighted by atomic mass is 16.3. The third-order valence-electron chi connectivity index (χ3n) is 4.41. The maximum absolute atomic E-state index is 10.5. The van der Waals surface area contributed by atoms with Crippen molar-refractivity contribution >= 4 is 0 Å². The summed E-state index contributed by atoms with van der Waals surface area (Å²) in [7, 11) is 0. The summed E-state index contributed by atoms with van der Waals surface area (Å²) in [5, 5.41) is 10.5. The predicted molar refractivity (Wildman–Crippen MR) is 67.0 cm³/mol. The first-order valence-corrected chi connectivity index (χ1v) is 6.95. The summed E-state index contributed by atoms with van der Waals surface area (Å²) in [4.78, 5) is 4.68. The molecule has 0 spiro atoms. The molecule has 0 saturated heterocycles. The highest BCUT2D eigenvalue weighted by Gasteiger charge is 2.33. The van der Waals surface area contributed by atoms with Crippen LogP contribution < -0.4 is 0 Å². The number of nitrogens with zero attached hydrogens (tertiary/aromatic N) is 2. The van der Waals surface area contributed by atoms with Crippen molar-refractivity contribution in [2.45, 2.75) is 70.4 Å². The first-order chi connectivity index (χ1) is 8.18. The molecule has 17 heavy (non-hydrogen) atoms. The SMILES string of the molecule is Cc1nc2c(n1CC1(O)CCCC1)CCCC2. The smallest absolute Gasteiger partial charge is 0.106 e. The van der Waals surface area contributed by atoms with Crippen LogP contribution in [-0.2, 0) is 19.4 Å². The molecule has 0 amide bonds. The van der Waals surface area contributed by atoms with Crippen LogP contribution in [0, 0.1) is 6.92 Å². The van der Waals surface area contributed by atoms with E-state index in [9.17, 15) is 5.11 Å². The largest absolute Gasteiger partial charge is 0.388 e. The van der Waals surface area contributed by atoms with Gasteiger partial charge in [-0.1, -0.05) is 12.8 Å². The lowest BCUT2D eigenvalue weighted by Gasteiger charge is -2.25. The van der Waals surface area contributed by atoms with E-state index in [4.69, 9.17) is 0 Å². The van der Waals surface area contributed by atoms with Gasteiger partial charge >= 0.3 is 0 Å². The topological polar surface area (TPSA) is 38.0 Å². The Hall–Kier alpha value is -0.830. The van der Waals surface area contributed by atoms with E-state index in [1.54, 1.807) is 0 Å². The van der Waals surface area contributed by atoms with Crippen LogP contribution in [0.2, 0.25) is 0 Å². The van der Waals surface area contributed by atoms with E-state index in [0.29, 0.717) is 0 Å². The van der Waals surface area contributed by atoms with Crippen molar-refractivity contribution in [2.75, 3.05) is 0 Å². The molecule has 3 rings (SSSR count). The van der Waals surface area contributed by atoms with Gasteiger partial charge in [-0.15, -0.1) is 0 Å². The monoisotopic (exact) mass is 234 g/mol. The number of hydrogen-bond acceptors (Lipinski definition) is 2. The summed E-state index contributed by atoms with van der Waals surface area (Å²) < 4.78 is 2.29. The van der Waals surface area contributed by atoms with Gasteiger partial charge in [0.15, 0.2) is 0 Å². The number of aryl methyl sites for hydroxylation is 2. The van der Waals surface area contributed by atoms with E-state index in [1.165, 1.54) is 37.1 Å². The molecule has 3 nitrogen and oxygen atoms in total. The molecule has 2 aliphatic rings. The maximum Gasteiger partial charge on any atom is 0.106 e. The van der Waals surface area contributed by atoms with Crippen LogP contribution in [0.1, 0.15) is 55.7 Å². The van der Waals surface area contributed by atoms with E-state index in [0.717, 1.165) is 38.1 Å². The van der Waals surface area contributed by atoms with Gasteiger partial charge in [-0.2, -0.15) is 0 Å². The molecule has 1 aromatic heterocycles. The lowest BCUT2D eigenvalue weighted by Crippen LogP contribution is -2.32. The second-order valence-corrected chi connectivity index (χ2v) is 5.78. The Labute approximate surface area is 103 Å². The maximum atomic E-state index is 10.5. The highest BCUT2D eigenvalue weighted by molar-refractivity contribution is 5.20. The third-order valence-corrected chi connectivity index (χ3v) is 4.41. The molecule has 2 aliphatic carbocycles. The summed E-state index contributed by atoms with van der Waals surface area (Å²) in [6.45, 7) is 2.85. The molecule has 0 atom stereocenters. The van der Waals surface area contributed by atoms with Gasteiger partial charge in [0.25, 0.3) is 0 Å². The van der Waals surface area contributed by atoms with Crippen molar-refractivity contribution < 1.29 is 5.11 Å². The normalized spacial score (nSPS) is 22.7. The van der Waals surface area contributed by atoms with E-state index in [-0.39, 0.29) is 0 Å². The van der Waals surface area contributed by atoms with Crippen molar-refractivity contribution in [3.63, 3.8) is 0 Å². The quantitative estimate of drug-likeness (QED) is 0.853. The lowest BCUT2D eigenvalue weighted by molar-refractivity contribution is 0.0285. The van der Waals surface area contributed by atoms with Gasteiger partial charge in [-0.25, -0.2) is 4.98 Å². The minimum absolute atomic E-state index is 0.462. The Morgan fingerprint density at radius 3 is 2.65 bits per heavy atom. The minimum Gasteiger partial charge on any atom is -0.388 e. The summed E-state index contributed by atoms with van der Waals surface area (Å²) in [6, 6.07) is 0. The first kappa shape index (κ1) is 11.3. The fraction of sp³-hybridized carbons (Fsp3) is 0.786. The molecule has 1 saturated carbocycles. The Morgan fingerprint density at radius 1 is 1.18 bits per heavy atom. The molecule has 1 N–H and O–H groups in total. The van der Waals surface area contributed by atoms with E-state index < -0.39 is 5.60 Å². The van der Waals surface area contributed by atoms with Crippen LogP contribution in [-0.4, -0.2) is 20.3 Å². The van der Waals surface area contributed by atoms with Gasteiger partial charge in [-0.05, 0) is 45.4 Å². The molecule has 3 heteroatoms. The highest BCUT2D eigenvalue weighted by Crippen LogP contribution is 2.33. The number of rotatable bonds is 2. The van der Waals surface area contributed by atoms with Crippen molar-refractivity contribution in [1.29, 1.82) is 0 Å². The second kappa shape index (κ2) is 4.13. The molecular formula is C14H22N2O. The number of aliphatic hydroxyl groups is 1. The van der Waals surface area contributed by atoms with Gasteiger partial charge in [0, 0.05) is 5.69 Å². The second-order valence-electron chi connectivity index (χ2n) is 5.78. The average Bonchev–Trinajstić information content (AvgIpc) is 2.86. The number of hydrogen-bond donors (Lipinski definition) is 1. The van der Waals surface area contributed by atoms with E-state index in [1.807, 2.05) is 0 Å². The van der Waals surface area contributed by atoms with Crippen molar-refractivity contribution in [3.05, 3.63) is 17.2 Å². The van der Waals surface area contributed by atoms with Crippen molar-refractivity contribution in [3.8, 4) is 0 Å². The fourth-order valence-electron chi connectivity index (χ4n) is 3.43. The molecule has 0 radical (unpaired) electrons. The molecule has 1 heterocycles. The molecular weight excluding hydrogens is 212 g/mol. The number of aromatic nitrogens is 2. The van der Waals surface area contributed by atoms with Crippen LogP contribution in [0.4, 0.5) is 0 Å². The molecule has 0 unspecified atom stereocenters. The zero-order valence-electron chi connectivity index (χ0n) is 10.7. The zero-order chi connectivity index (χ0) is 11.9. The molecule has 1 aromatic rings. The van der Waals surface area contributed by atoms with Gasteiger partial charge in [0.1, 0.15) is 5.82 Å². The Bertz CT molecular complexity index is 416. The van der Waals surface area contributed by atoms with Crippen LogP contribution in [0.5, 0.6) is 0 Å². The molecule has 0 aliphatic heterocycles. The van der Waals surface area contributed by atoms with Gasteiger partial charge in [0.05, 0.1) is 17.8 Å². The third kappa shape index (κ3) is 2.01. The Morgan fingerprint density at radius 2 is 1.88 bits per heavy atom.